The van der Waals surface area contributed by atoms with Crippen molar-refractivity contribution in [3.8, 4) is 0 Å². The third-order valence-electron chi connectivity index (χ3n) is 5.92. The van der Waals surface area contributed by atoms with E-state index in [0.717, 1.165) is 11.1 Å². The maximum atomic E-state index is 14.4. The van der Waals surface area contributed by atoms with Gasteiger partial charge in [0, 0.05) is 12.6 Å². The molecule has 6 nitrogen and oxygen atoms in total. The molecule has 0 radical (unpaired) electrons. The Labute approximate surface area is 180 Å². The monoisotopic (exact) mass is 423 g/mol. The Balaban J connectivity index is 1.57. The molecule has 3 aromatic rings. The van der Waals surface area contributed by atoms with Crippen molar-refractivity contribution >= 4 is 11.6 Å². The molecule has 1 aliphatic rings. The number of nitrogens with zero attached hydrogens (tertiary/aromatic N) is 2. The quantitative estimate of drug-likeness (QED) is 0.582. The highest BCUT2D eigenvalue weighted by molar-refractivity contribution is 6.10. The number of aliphatic hydroxyl groups is 1. The minimum atomic E-state index is -1.43. The Morgan fingerprint density at radius 2 is 2.13 bits per heavy atom. The van der Waals surface area contributed by atoms with Crippen LogP contribution in [-0.4, -0.2) is 39.2 Å². The molecule has 31 heavy (non-hydrogen) atoms. The molecule has 0 saturated heterocycles. The zero-order valence-corrected chi connectivity index (χ0v) is 17.8. The van der Waals surface area contributed by atoms with Crippen molar-refractivity contribution in [2.45, 2.75) is 51.9 Å². The number of hydrogen-bond acceptors (Lipinski definition) is 6. The molecule has 0 bridgehead atoms. The van der Waals surface area contributed by atoms with Crippen LogP contribution < -0.4 is 5.32 Å². The van der Waals surface area contributed by atoms with Crippen LogP contribution >= 0.6 is 0 Å². The van der Waals surface area contributed by atoms with Crippen LogP contribution in [0.5, 0.6) is 0 Å². The normalized spacial score (nSPS) is 23.1. The Hall–Kier alpha value is -3.06. The summed E-state index contributed by atoms with van der Waals surface area (Å²) in [5, 5.41) is 12.9. The first-order valence-corrected chi connectivity index (χ1v) is 10.4. The summed E-state index contributed by atoms with van der Waals surface area (Å²) in [5.74, 6) is 0.555. The number of ketones is 1. The lowest BCUT2D eigenvalue weighted by Crippen LogP contribution is -2.32. The molecule has 2 heterocycles. The number of carbonyl (C=O) groups excluding carboxylic acids is 1. The van der Waals surface area contributed by atoms with E-state index in [1.165, 1.54) is 18.1 Å². The number of benzene rings is 1. The highest BCUT2D eigenvalue weighted by atomic mass is 19.1. The maximum absolute atomic E-state index is 14.4. The van der Waals surface area contributed by atoms with Gasteiger partial charge >= 0.3 is 0 Å². The second-order valence-corrected chi connectivity index (χ2v) is 8.37. The van der Waals surface area contributed by atoms with E-state index < -0.39 is 18.3 Å². The smallest absolute Gasteiger partial charge is 0.233 e. The van der Waals surface area contributed by atoms with Crippen LogP contribution in [0.25, 0.3) is 0 Å². The molecule has 1 aliphatic carbocycles. The standard InChI is InChI=1S/C24H26FN3O3/c1-13-5-4-6-16(7-13)9-17-10-20(31-15(17)3)23(30)18-11-26-12-27-24(18)28-19-8-14(2)22(29)21(19)25/h4-7,10-12,14,19,21-22,29H,8-9H2,1-3H3,(H,26,27,28)/t14-,19-,21-,22-/m1/s1. The van der Waals surface area contributed by atoms with E-state index in [1.54, 1.807) is 13.0 Å². The van der Waals surface area contributed by atoms with Crippen LogP contribution in [0, 0.1) is 19.8 Å². The SMILES string of the molecule is Cc1cccc(Cc2cc(C(=O)c3cncnc3N[C@@H]3C[C@@H](C)[C@@H](O)[C@@H]3F)oc2C)c1. The fraction of sp³-hybridized carbons (Fsp3) is 0.375. The summed E-state index contributed by atoms with van der Waals surface area (Å²) in [5.41, 5.74) is 3.44. The first kappa shape index (κ1) is 21.2. The summed E-state index contributed by atoms with van der Waals surface area (Å²) in [7, 11) is 0. The van der Waals surface area contributed by atoms with Crippen LogP contribution in [0.2, 0.25) is 0 Å². The van der Waals surface area contributed by atoms with Gasteiger partial charge in [-0.05, 0) is 43.4 Å². The zero-order valence-electron chi connectivity index (χ0n) is 17.8. The summed E-state index contributed by atoms with van der Waals surface area (Å²) < 4.78 is 20.2. The van der Waals surface area contributed by atoms with Gasteiger partial charge in [0.25, 0.3) is 0 Å². The highest BCUT2D eigenvalue weighted by Gasteiger charge is 2.41. The van der Waals surface area contributed by atoms with Crippen molar-refractivity contribution in [2.24, 2.45) is 5.92 Å². The number of anilines is 1. The molecule has 4 rings (SSSR count). The molecule has 0 aliphatic heterocycles. The molecule has 0 unspecified atom stereocenters. The first-order valence-electron chi connectivity index (χ1n) is 10.4. The fourth-order valence-electron chi connectivity index (χ4n) is 4.13. The van der Waals surface area contributed by atoms with Gasteiger partial charge in [-0.15, -0.1) is 0 Å². The lowest BCUT2D eigenvalue weighted by molar-refractivity contribution is 0.0725. The first-order chi connectivity index (χ1) is 14.8. The number of alkyl halides is 1. The van der Waals surface area contributed by atoms with Crippen LogP contribution in [0.1, 0.15) is 51.9 Å². The molecule has 2 aromatic heterocycles. The Morgan fingerprint density at radius 1 is 1.32 bits per heavy atom. The second-order valence-electron chi connectivity index (χ2n) is 8.37. The van der Waals surface area contributed by atoms with Crippen molar-refractivity contribution < 1.29 is 18.7 Å². The van der Waals surface area contributed by atoms with Crippen molar-refractivity contribution in [2.75, 3.05) is 5.32 Å². The minimum Gasteiger partial charge on any atom is -0.458 e. The van der Waals surface area contributed by atoms with E-state index in [4.69, 9.17) is 4.42 Å². The van der Waals surface area contributed by atoms with E-state index in [0.29, 0.717) is 18.6 Å². The van der Waals surface area contributed by atoms with E-state index in [-0.39, 0.29) is 28.8 Å². The number of nitrogens with one attached hydrogen (secondary N) is 1. The molecule has 7 heteroatoms. The summed E-state index contributed by atoms with van der Waals surface area (Å²) in [4.78, 5) is 21.3. The van der Waals surface area contributed by atoms with Gasteiger partial charge in [0.1, 0.15) is 24.1 Å². The number of rotatable bonds is 6. The zero-order chi connectivity index (χ0) is 22.1. The van der Waals surface area contributed by atoms with Crippen molar-refractivity contribution in [1.29, 1.82) is 0 Å². The number of hydrogen-bond donors (Lipinski definition) is 2. The van der Waals surface area contributed by atoms with Crippen LogP contribution in [-0.2, 0) is 6.42 Å². The summed E-state index contributed by atoms with van der Waals surface area (Å²) >= 11 is 0. The van der Waals surface area contributed by atoms with Gasteiger partial charge in [0.15, 0.2) is 5.76 Å². The van der Waals surface area contributed by atoms with Crippen LogP contribution in [0.15, 0.2) is 47.3 Å². The third-order valence-corrected chi connectivity index (χ3v) is 5.92. The van der Waals surface area contributed by atoms with Gasteiger partial charge in [-0.1, -0.05) is 36.8 Å². The van der Waals surface area contributed by atoms with Gasteiger partial charge < -0.3 is 14.8 Å². The Morgan fingerprint density at radius 3 is 2.84 bits per heavy atom. The molecule has 162 valence electrons. The Bertz CT molecular complexity index is 1100. The van der Waals surface area contributed by atoms with Crippen molar-refractivity contribution in [3.05, 3.63) is 76.6 Å². The fourth-order valence-corrected chi connectivity index (χ4v) is 4.13. The average molecular weight is 423 g/mol. The molecule has 1 fully saturated rings. The van der Waals surface area contributed by atoms with Crippen molar-refractivity contribution in [3.63, 3.8) is 0 Å². The van der Waals surface area contributed by atoms with Crippen LogP contribution in [0.3, 0.4) is 0 Å². The molecule has 4 atom stereocenters. The molecule has 1 aromatic carbocycles. The largest absolute Gasteiger partial charge is 0.458 e. The van der Waals surface area contributed by atoms with E-state index >= 15 is 0 Å². The number of carbonyl (C=O) groups is 1. The molecular formula is C24H26FN3O3. The van der Waals surface area contributed by atoms with E-state index in [1.807, 2.05) is 32.0 Å². The summed E-state index contributed by atoms with van der Waals surface area (Å²) in [6, 6.07) is 9.31. The molecule has 2 N–H and O–H groups in total. The molecule has 1 saturated carbocycles. The second kappa shape index (κ2) is 8.59. The van der Waals surface area contributed by atoms with Crippen LogP contribution in [0.4, 0.5) is 10.2 Å². The van der Waals surface area contributed by atoms with Crippen molar-refractivity contribution in [1.82, 2.24) is 9.97 Å². The van der Waals surface area contributed by atoms with Gasteiger partial charge in [-0.25, -0.2) is 14.4 Å². The number of furan rings is 1. The predicted octanol–water partition coefficient (Wildman–Crippen LogP) is 4.03. The predicted molar refractivity (Wildman–Crippen MR) is 115 cm³/mol. The minimum absolute atomic E-state index is 0.176. The molecule has 0 amide bonds. The van der Waals surface area contributed by atoms with Gasteiger partial charge in [-0.2, -0.15) is 0 Å². The number of aliphatic hydroxyl groups excluding tert-OH is 1. The topological polar surface area (TPSA) is 88.2 Å². The number of halogens is 1. The average Bonchev–Trinajstić information content (AvgIpc) is 3.22. The lowest BCUT2D eigenvalue weighted by Gasteiger charge is -2.17. The van der Waals surface area contributed by atoms with Gasteiger partial charge in [-0.3, -0.25) is 4.79 Å². The summed E-state index contributed by atoms with van der Waals surface area (Å²) in [6.45, 7) is 5.67. The number of aryl methyl sites for hydroxylation is 2. The lowest BCUT2D eigenvalue weighted by atomic mass is 10.0. The Kier molecular flexibility index (Phi) is 5.87. The summed E-state index contributed by atoms with van der Waals surface area (Å²) in [6.07, 6.45) is 1.34. The van der Waals surface area contributed by atoms with E-state index in [2.05, 4.69) is 21.4 Å². The third kappa shape index (κ3) is 4.37. The van der Waals surface area contributed by atoms with E-state index in [9.17, 15) is 14.3 Å². The molecule has 0 spiro atoms. The molecular weight excluding hydrogens is 397 g/mol. The maximum Gasteiger partial charge on any atom is 0.233 e. The highest BCUT2D eigenvalue weighted by Crippen LogP contribution is 2.31. The van der Waals surface area contributed by atoms with Gasteiger partial charge in [0.05, 0.1) is 17.7 Å². The van der Waals surface area contributed by atoms with Gasteiger partial charge in [0.2, 0.25) is 5.78 Å². The number of aromatic nitrogens is 2.